The van der Waals surface area contributed by atoms with Gasteiger partial charge in [-0.25, -0.2) is 19.2 Å². The van der Waals surface area contributed by atoms with E-state index in [0.29, 0.717) is 35.7 Å². The second-order valence-electron chi connectivity index (χ2n) is 17.3. The van der Waals surface area contributed by atoms with Crippen LogP contribution >= 0.6 is 0 Å². The molecule has 0 N–H and O–H groups in total. The molecule has 0 saturated carbocycles. The molecular formula is C59H67N3O8. The number of hydrogen-bond donors (Lipinski definition) is 0. The summed E-state index contributed by atoms with van der Waals surface area (Å²) < 4.78 is 22.1. The third kappa shape index (κ3) is 19.1. The molecule has 11 heteroatoms. The van der Waals surface area contributed by atoms with Gasteiger partial charge in [-0.15, -0.1) is 0 Å². The number of rotatable bonds is 30. The zero-order valence-electron chi connectivity index (χ0n) is 40.9. The summed E-state index contributed by atoms with van der Waals surface area (Å²) in [6.45, 7) is 5.28. The fraction of sp³-hybridized carbons (Fsp3) is 0.373. The number of esters is 4. The van der Waals surface area contributed by atoms with Gasteiger partial charge in [-0.05, 0) is 109 Å². The normalized spacial score (nSPS) is 11.1. The van der Waals surface area contributed by atoms with Gasteiger partial charge in [0.1, 0.15) is 11.6 Å². The molecule has 0 aromatic heterocycles. The fourth-order valence-electron chi connectivity index (χ4n) is 7.51. The van der Waals surface area contributed by atoms with E-state index in [1.54, 1.807) is 109 Å². The highest BCUT2D eigenvalue weighted by molar-refractivity contribution is 5.94. The van der Waals surface area contributed by atoms with Gasteiger partial charge in [-0.3, -0.25) is 9.98 Å². The van der Waals surface area contributed by atoms with Crippen LogP contribution in [0.2, 0.25) is 0 Å². The Labute approximate surface area is 414 Å². The minimum Gasteiger partial charge on any atom is -0.462 e. The third-order valence-electron chi connectivity index (χ3n) is 11.7. The van der Waals surface area contributed by atoms with Crippen molar-refractivity contribution < 1.29 is 38.1 Å². The predicted octanol–water partition coefficient (Wildman–Crippen LogP) is 14.9. The molecule has 0 amide bonds. The van der Waals surface area contributed by atoms with Crippen LogP contribution in [0.1, 0.15) is 188 Å². The van der Waals surface area contributed by atoms with E-state index >= 15 is 0 Å². The second-order valence-corrected chi connectivity index (χ2v) is 17.3. The standard InChI is InChI=1S/C59H67N3O8/c1-3-5-7-9-11-13-15-17-19-40-67-56(63)47-28-24-45(25-29-47)43-61-51-36-32-49(33-37-51)58(65)69-54-22-21-23-55(53(54)42-60)70-59(66)50-34-38-52(39-35-50)62-44-46-26-30-48(31-27-46)57(64)68-41-20-18-16-14-12-10-8-6-4-2/h21-39,43-44H,3-20,40-41H2,1-2H3. The maximum atomic E-state index is 13.1. The van der Waals surface area contributed by atoms with Crippen LogP contribution in [0.15, 0.2) is 125 Å². The van der Waals surface area contributed by atoms with Crippen LogP contribution in [-0.2, 0) is 9.47 Å². The zero-order valence-corrected chi connectivity index (χ0v) is 40.9. The Kier molecular flexibility index (Phi) is 23.8. The van der Waals surface area contributed by atoms with Gasteiger partial charge in [-0.2, -0.15) is 5.26 Å². The first-order valence-corrected chi connectivity index (χ1v) is 25.1. The van der Waals surface area contributed by atoms with Crippen LogP contribution in [0, 0.1) is 11.3 Å². The van der Waals surface area contributed by atoms with Crippen molar-refractivity contribution in [1.29, 1.82) is 5.26 Å². The zero-order chi connectivity index (χ0) is 49.6. The van der Waals surface area contributed by atoms with E-state index in [9.17, 15) is 24.4 Å². The van der Waals surface area contributed by atoms with Crippen LogP contribution < -0.4 is 9.47 Å². The van der Waals surface area contributed by atoms with Crippen molar-refractivity contribution in [3.8, 4) is 17.6 Å². The molecule has 0 unspecified atom stereocenters. The van der Waals surface area contributed by atoms with Crippen molar-refractivity contribution in [2.45, 2.75) is 129 Å². The molecule has 5 aromatic rings. The van der Waals surface area contributed by atoms with Crippen molar-refractivity contribution in [2.75, 3.05) is 13.2 Å². The Morgan fingerprint density at radius 1 is 0.429 bits per heavy atom. The third-order valence-corrected chi connectivity index (χ3v) is 11.7. The number of ether oxygens (including phenoxy) is 4. The largest absolute Gasteiger partial charge is 0.462 e. The lowest BCUT2D eigenvalue weighted by atomic mass is 10.1. The van der Waals surface area contributed by atoms with Crippen molar-refractivity contribution >= 4 is 47.7 Å². The summed E-state index contributed by atoms with van der Waals surface area (Å²) in [7, 11) is 0. The molecule has 0 heterocycles. The van der Waals surface area contributed by atoms with Crippen LogP contribution in [0.4, 0.5) is 11.4 Å². The van der Waals surface area contributed by atoms with Gasteiger partial charge in [-0.1, -0.05) is 147 Å². The minimum absolute atomic E-state index is 0.0700. The number of hydrogen-bond acceptors (Lipinski definition) is 11. The van der Waals surface area contributed by atoms with Crippen LogP contribution in [0.25, 0.3) is 0 Å². The Morgan fingerprint density at radius 2 is 0.743 bits per heavy atom. The molecule has 0 aliphatic heterocycles. The number of aliphatic imine (C=N–C) groups is 2. The van der Waals surface area contributed by atoms with Gasteiger partial charge in [0, 0.05) is 12.4 Å². The predicted molar refractivity (Wildman–Crippen MR) is 276 cm³/mol. The lowest BCUT2D eigenvalue weighted by Crippen LogP contribution is -2.12. The van der Waals surface area contributed by atoms with Gasteiger partial charge in [0.15, 0.2) is 11.5 Å². The number of nitrogens with zero attached hydrogens (tertiary/aromatic N) is 3. The Bertz CT molecular complexity index is 2320. The van der Waals surface area contributed by atoms with E-state index in [2.05, 4.69) is 23.8 Å². The highest BCUT2D eigenvalue weighted by Crippen LogP contribution is 2.30. The summed E-state index contributed by atoms with van der Waals surface area (Å²) >= 11 is 0. The summed E-state index contributed by atoms with van der Waals surface area (Å²) in [6.07, 6.45) is 24.9. The number of unbranched alkanes of at least 4 members (excludes halogenated alkanes) is 16. The number of carbonyl (C=O) groups excluding carboxylic acids is 4. The summed E-state index contributed by atoms with van der Waals surface area (Å²) in [6, 6.07) is 33.2. The van der Waals surface area contributed by atoms with Crippen LogP contribution in [-0.4, -0.2) is 49.5 Å². The molecule has 0 aliphatic carbocycles. The van der Waals surface area contributed by atoms with E-state index in [4.69, 9.17) is 18.9 Å². The Balaban J connectivity index is 1.03. The maximum Gasteiger partial charge on any atom is 0.343 e. The molecule has 11 nitrogen and oxygen atoms in total. The van der Waals surface area contributed by atoms with E-state index in [1.807, 2.05) is 6.07 Å². The summed E-state index contributed by atoms with van der Waals surface area (Å²) in [5, 5.41) is 10.0. The van der Waals surface area contributed by atoms with Gasteiger partial charge < -0.3 is 18.9 Å². The maximum absolute atomic E-state index is 13.1. The van der Waals surface area contributed by atoms with Gasteiger partial charge in [0.25, 0.3) is 0 Å². The molecule has 0 bridgehead atoms. The quantitative estimate of drug-likeness (QED) is 0.0189. The molecule has 0 saturated heterocycles. The molecule has 0 fully saturated rings. The molecular weight excluding hydrogens is 879 g/mol. The van der Waals surface area contributed by atoms with Crippen LogP contribution in [0.5, 0.6) is 11.5 Å². The monoisotopic (exact) mass is 945 g/mol. The van der Waals surface area contributed by atoms with Crippen molar-refractivity contribution in [3.05, 3.63) is 154 Å². The molecule has 5 aromatic carbocycles. The molecule has 0 atom stereocenters. The fourth-order valence-corrected chi connectivity index (χ4v) is 7.51. The van der Waals surface area contributed by atoms with Crippen molar-refractivity contribution in [3.63, 3.8) is 0 Å². The molecule has 0 spiro atoms. The first kappa shape index (κ1) is 53.8. The Hall–Kier alpha value is -7.19. The topological polar surface area (TPSA) is 154 Å². The lowest BCUT2D eigenvalue weighted by molar-refractivity contribution is 0.0488. The molecule has 0 aliphatic rings. The summed E-state index contributed by atoms with van der Waals surface area (Å²) in [5.74, 6) is -2.26. The molecule has 5 rings (SSSR count). The SMILES string of the molecule is CCCCCCCCCCCOC(=O)c1ccc(C=Nc2ccc(C(=O)Oc3cccc(OC(=O)c4ccc(N=Cc5ccc(C(=O)OCCCCCCCCCCC)cc5)cc4)c3C#N)cc2)cc1. The second kappa shape index (κ2) is 31.0. The minimum atomic E-state index is -0.718. The van der Waals surface area contributed by atoms with E-state index < -0.39 is 11.9 Å². The smallest absolute Gasteiger partial charge is 0.343 e. The first-order valence-electron chi connectivity index (χ1n) is 25.1. The molecule has 70 heavy (non-hydrogen) atoms. The Morgan fingerprint density at radius 3 is 1.09 bits per heavy atom. The van der Waals surface area contributed by atoms with Crippen molar-refractivity contribution in [2.24, 2.45) is 9.98 Å². The summed E-state index contributed by atoms with van der Waals surface area (Å²) in [5.41, 5.74) is 4.00. The highest BCUT2D eigenvalue weighted by atomic mass is 16.6. The van der Waals surface area contributed by atoms with Crippen LogP contribution in [0.3, 0.4) is 0 Å². The average molecular weight is 946 g/mol. The van der Waals surface area contributed by atoms with Crippen molar-refractivity contribution in [1.82, 2.24) is 0 Å². The first-order chi connectivity index (χ1) is 34.3. The summed E-state index contributed by atoms with van der Waals surface area (Å²) in [4.78, 5) is 60.3. The number of carbonyl (C=O) groups is 4. The number of nitriles is 1. The number of benzene rings is 5. The van der Waals surface area contributed by atoms with Gasteiger partial charge in [0.2, 0.25) is 0 Å². The molecule has 0 radical (unpaired) electrons. The van der Waals surface area contributed by atoms with Gasteiger partial charge >= 0.3 is 23.9 Å². The van der Waals surface area contributed by atoms with E-state index in [1.165, 1.54) is 108 Å². The molecule has 366 valence electrons. The van der Waals surface area contributed by atoms with Gasteiger partial charge in [0.05, 0.1) is 46.8 Å². The average Bonchev–Trinajstić information content (AvgIpc) is 3.39. The van der Waals surface area contributed by atoms with E-state index in [0.717, 1.165) is 36.8 Å². The van der Waals surface area contributed by atoms with E-state index in [-0.39, 0.29) is 40.1 Å². The highest BCUT2D eigenvalue weighted by Gasteiger charge is 2.19. The lowest BCUT2D eigenvalue weighted by Gasteiger charge is -2.10.